The maximum Gasteiger partial charge on any atom is 0.315 e. The van der Waals surface area contributed by atoms with E-state index in [4.69, 9.17) is 18.9 Å². The van der Waals surface area contributed by atoms with E-state index in [1.165, 1.54) is 21.3 Å². The van der Waals surface area contributed by atoms with Gasteiger partial charge in [0, 0.05) is 12.1 Å². The third-order valence-electron chi connectivity index (χ3n) is 3.34. The Labute approximate surface area is 135 Å². The standard InChI is InChI=1S/C18H20O5/c1-12-5-7-13(8-6-12)9-17(19)23-14-10-15(20-2)18(22-4)16(11-14)21-3/h5-8,10-11H,9H2,1-4H3. The quantitative estimate of drug-likeness (QED) is 0.605. The Balaban J connectivity index is 2.15. The van der Waals surface area contributed by atoms with Crippen LogP contribution < -0.4 is 18.9 Å². The minimum absolute atomic E-state index is 0.191. The van der Waals surface area contributed by atoms with E-state index < -0.39 is 0 Å². The van der Waals surface area contributed by atoms with E-state index in [0.717, 1.165) is 11.1 Å². The minimum atomic E-state index is -0.358. The normalized spacial score (nSPS) is 10.1. The van der Waals surface area contributed by atoms with Crippen molar-refractivity contribution in [2.45, 2.75) is 13.3 Å². The number of carbonyl (C=O) groups is 1. The lowest BCUT2D eigenvalue weighted by molar-refractivity contribution is -0.133. The Bertz CT molecular complexity index is 651. The molecule has 122 valence electrons. The first kappa shape index (κ1) is 16.7. The molecular formula is C18H20O5. The fraction of sp³-hybridized carbons (Fsp3) is 0.278. The van der Waals surface area contributed by atoms with Crippen LogP contribution in [0.5, 0.6) is 23.0 Å². The number of hydrogen-bond donors (Lipinski definition) is 0. The number of ether oxygens (including phenoxy) is 4. The smallest absolute Gasteiger partial charge is 0.315 e. The number of rotatable bonds is 6. The molecule has 0 heterocycles. The summed E-state index contributed by atoms with van der Waals surface area (Å²) in [5, 5.41) is 0. The van der Waals surface area contributed by atoms with Gasteiger partial charge in [0.15, 0.2) is 11.5 Å². The van der Waals surface area contributed by atoms with Crippen molar-refractivity contribution in [3.8, 4) is 23.0 Å². The molecule has 0 aliphatic heterocycles. The second kappa shape index (κ2) is 7.54. The van der Waals surface area contributed by atoms with Gasteiger partial charge in [-0.15, -0.1) is 0 Å². The highest BCUT2D eigenvalue weighted by Crippen LogP contribution is 2.40. The number of hydrogen-bond acceptors (Lipinski definition) is 5. The van der Waals surface area contributed by atoms with Crippen LogP contribution in [-0.2, 0) is 11.2 Å². The molecule has 0 N–H and O–H groups in total. The van der Waals surface area contributed by atoms with Gasteiger partial charge < -0.3 is 18.9 Å². The fourth-order valence-electron chi connectivity index (χ4n) is 2.16. The number of benzene rings is 2. The number of methoxy groups -OCH3 is 3. The third kappa shape index (κ3) is 4.16. The van der Waals surface area contributed by atoms with Crippen LogP contribution in [0.2, 0.25) is 0 Å². The van der Waals surface area contributed by atoms with Crippen LogP contribution in [0, 0.1) is 6.92 Å². The van der Waals surface area contributed by atoms with E-state index in [0.29, 0.717) is 23.0 Å². The average Bonchev–Trinajstić information content (AvgIpc) is 2.55. The van der Waals surface area contributed by atoms with Crippen LogP contribution in [0.15, 0.2) is 36.4 Å². The molecule has 2 aromatic rings. The van der Waals surface area contributed by atoms with Gasteiger partial charge in [0.05, 0.1) is 27.8 Å². The Kier molecular flexibility index (Phi) is 5.46. The van der Waals surface area contributed by atoms with Crippen LogP contribution >= 0.6 is 0 Å². The lowest BCUT2D eigenvalue weighted by atomic mass is 10.1. The molecule has 0 aliphatic rings. The van der Waals surface area contributed by atoms with Crippen molar-refractivity contribution in [3.05, 3.63) is 47.5 Å². The van der Waals surface area contributed by atoms with Gasteiger partial charge >= 0.3 is 5.97 Å². The summed E-state index contributed by atoms with van der Waals surface area (Å²) in [4.78, 5) is 12.1. The van der Waals surface area contributed by atoms with Gasteiger partial charge in [0.1, 0.15) is 5.75 Å². The lowest BCUT2D eigenvalue weighted by Crippen LogP contribution is -2.11. The van der Waals surface area contributed by atoms with Gasteiger partial charge in [0.2, 0.25) is 5.75 Å². The predicted molar refractivity (Wildman–Crippen MR) is 86.6 cm³/mol. The van der Waals surface area contributed by atoms with E-state index in [2.05, 4.69) is 0 Å². The Morgan fingerprint density at radius 1 is 0.913 bits per heavy atom. The van der Waals surface area contributed by atoms with Crippen molar-refractivity contribution in [2.75, 3.05) is 21.3 Å². The van der Waals surface area contributed by atoms with Gasteiger partial charge in [-0.05, 0) is 12.5 Å². The van der Waals surface area contributed by atoms with E-state index in [1.807, 2.05) is 31.2 Å². The maximum absolute atomic E-state index is 12.1. The molecule has 5 heteroatoms. The molecule has 2 aromatic carbocycles. The Morgan fingerprint density at radius 2 is 1.48 bits per heavy atom. The van der Waals surface area contributed by atoms with Crippen LogP contribution in [0.3, 0.4) is 0 Å². The maximum atomic E-state index is 12.1. The van der Waals surface area contributed by atoms with Crippen LogP contribution in [0.4, 0.5) is 0 Å². The monoisotopic (exact) mass is 316 g/mol. The highest BCUT2D eigenvalue weighted by atomic mass is 16.5. The summed E-state index contributed by atoms with van der Waals surface area (Å²) in [7, 11) is 4.54. The highest BCUT2D eigenvalue weighted by molar-refractivity contribution is 5.75. The Morgan fingerprint density at radius 3 is 1.96 bits per heavy atom. The second-order valence-corrected chi connectivity index (χ2v) is 5.00. The first-order valence-corrected chi connectivity index (χ1v) is 7.13. The van der Waals surface area contributed by atoms with Crippen LogP contribution in [0.1, 0.15) is 11.1 Å². The molecule has 0 aromatic heterocycles. The molecular weight excluding hydrogens is 296 g/mol. The van der Waals surface area contributed by atoms with Crippen molar-refractivity contribution in [2.24, 2.45) is 0 Å². The van der Waals surface area contributed by atoms with Crippen molar-refractivity contribution >= 4 is 5.97 Å². The van der Waals surface area contributed by atoms with Crippen LogP contribution in [-0.4, -0.2) is 27.3 Å². The van der Waals surface area contributed by atoms with Gasteiger partial charge in [0.25, 0.3) is 0 Å². The molecule has 23 heavy (non-hydrogen) atoms. The van der Waals surface area contributed by atoms with Crippen molar-refractivity contribution in [1.29, 1.82) is 0 Å². The number of aryl methyl sites for hydroxylation is 1. The molecule has 0 bridgehead atoms. The summed E-state index contributed by atoms with van der Waals surface area (Å²) in [5.74, 6) is 1.31. The van der Waals surface area contributed by atoms with E-state index in [9.17, 15) is 4.79 Å². The molecule has 0 spiro atoms. The molecule has 0 amide bonds. The summed E-state index contributed by atoms with van der Waals surface area (Å²) < 4.78 is 21.1. The van der Waals surface area contributed by atoms with Crippen molar-refractivity contribution < 1.29 is 23.7 Å². The van der Waals surface area contributed by atoms with Crippen molar-refractivity contribution in [3.63, 3.8) is 0 Å². The molecule has 0 saturated heterocycles. The average molecular weight is 316 g/mol. The molecule has 0 saturated carbocycles. The van der Waals surface area contributed by atoms with Gasteiger partial charge in [-0.25, -0.2) is 0 Å². The van der Waals surface area contributed by atoms with Gasteiger partial charge in [-0.3, -0.25) is 4.79 Å². The minimum Gasteiger partial charge on any atom is -0.493 e. The first-order chi connectivity index (χ1) is 11.1. The predicted octanol–water partition coefficient (Wildman–Crippen LogP) is 3.17. The summed E-state index contributed by atoms with van der Waals surface area (Å²) in [5.41, 5.74) is 2.04. The molecule has 2 rings (SSSR count). The largest absolute Gasteiger partial charge is 0.493 e. The molecule has 5 nitrogen and oxygen atoms in total. The van der Waals surface area contributed by atoms with E-state index in [-0.39, 0.29) is 12.4 Å². The summed E-state index contributed by atoms with van der Waals surface area (Å²) in [6.07, 6.45) is 0.191. The van der Waals surface area contributed by atoms with E-state index in [1.54, 1.807) is 12.1 Å². The second-order valence-electron chi connectivity index (χ2n) is 5.00. The number of carbonyl (C=O) groups excluding carboxylic acids is 1. The zero-order chi connectivity index (χ0) is 16.8. The molecule has 0 unspecified atom stereocenters. The summed E-state index contributed by atoms with van der Waals surface area (Å²) in [6.45, 7) is 2.00. The molecule has 0 radical (unpaired) electrons. The van der Waals surface area contributed by atoms with E-state index >= 15 is 0 Å². The third-order valence-corrected chi connectivity index (χ3v) is 3.34. The Hall–Kier alpha value is -2.69. The topological polar surface area (TPSA) is 54.0 Å². The van der Waals surface area contributed by atoms with Gasteiger partial charge in [-0.2, -0.15) is 0 Å². The first-order valence-electron chi connectivity index (χ1n) is 7.13. The van der Waals surface area contributed by atoms with Crippen molar-refractivity contribution in [1.82, 2.24) is 0 Å². The zero-order valence-corrected chi connectivity index (χ0v) is 13.7. The summed E-state index contributed by atoms with van der Waals surface area (Å²) >= 11 is 0. The molecule has 0 aliphatic carbocycles. The molecule has 0 fully saturated rings. The van der Waals surface area contributed by atoms with Crippen LogP contribution in [0.25, 0.3) is 0 Å². The summed E-state index contributed by atoms with van der Waals surface area (Å²) in [6, 6.07) is 10.9. The fourth-order valence-corrected chi connectivity index (χ4v) is 2.16. The highest BCUT2D eigenvalue weighted by Gasteiger charge is 2.16. The lowest BCUT2D eigenvalue weighted by Gasteiger charge is -2.14. The van der Waals surface area contributed by atoms with Gasteiger partial charge in [-0.1, -0.05) is 29.8 Å². The SMILES string of the molecule is COc1cc(OC(=O)Cc2ccc(C)cc2)cc(OC)c1OC. The number of esters is 1. The zero-order valence-electron chi connectivity index (χ0n) is 13.7. The molecule has 0 atom stereocenters.